The van der Waals surface area contributed by atoms with Gasteiger partial charge in [-0.3, -0.25) is 0 Å². The number of hydrogen-bond donors (Lipinski definition) is 0. The molecule has 0 saturated carbocycles. The highest BCUT2D eigenvalue weighted by Crippen LogP contribution is 2.44. The summed E-state index contributed by atoms with van der Waals surface area (Å²) in [5.41, 5.74) is 9.56. The van der Waals surface area contributed by atoms with Gasteiger partial charge >= 0.3 is 0 Å². The molecule has 0 radical (unpaired) electrons. The SMILES string of the molecule is c1ccc(-c2cc(-c3nc(-c4ccccc4)nc(-c4ccc(-c5ccc6ccccc6c5)cc4)n3)cc(-c3cc4c5ccccc5c5ccccc5c4c4ccccc34)c2)cc1. The van der Waals surface area contributed by atoms with Gasteiger partial charge in [0.25, 0.3) is 0 Å². The van der Waals surface area contributed by atoms with Crippen LogP contribution < -0.4 is 0 Å². The van der Waals surface area contributed by atoms with Crippen molar-refractivity contribution in [2.75, 3.05) is 0 Å². The highest BCUT2D eigenvalue weighted by molar-refractivity contribution is 6.33. The molecule has 0 N–H and O–H groups in total. The van der Waals surface area contributed by atoms with Crippen molar-refractivity contribution in [3.8, 4) is 67.5 Å². The van der Waals surface area contributed by atoms with E-state index in [4.69, 9.17) is 15.0 Å². The van der Waals surface area contributed by atoms with Crippen LogP contribution in [0.25, 0.3) is 121 Å². The molecule has 3 heteroatoms. The summed E-state index contributed by atoms with van der Waals surface area (Å²) in [6, 6.07) is 80.2. The van der Waals surface area contributed by atoms with E-state index in [0.717, 1.165) is 44.5 Å². The lowest BCUT2D eigenvalue weighted by atomic mass is 9.86. The maximum Gasteiger partial charge on any atom is 0.164 e. The summed E-state index contributed by atoms with van der Waals surface area (Å²) in [6.07, 6.45) is 0. The molecule has 0 fully saturated rings. The third-order valence-electron chi connectivity index (χ3n) is 12.3. The zero-order chi connectivity index (χ0) is 41.0. The molecule has 12 aromatic rings. The molecule has 1 heterocycles. The van der Waals surface area contributed by atoms with Crippen molar-refractivity contribution in [2.45, 2.75) is 0 Å². The fourth-order valence-corrected chi connectivity index (χ4v) is 9.25. The molecular weight excluding hydrogens is 751 g/mol. The Morgan fingerprint density at radius 3 is 1.31 bits per heavy atom. The van der Waals surface area contributed by atoms with Gasteiger partial charge in [-0.2, -0.15) is 0 Å². The van der Waals surface area contributed by atoms with Gasteiger partial charge in [0.2, 0.25) is 0 Å². The molecular formula is C59H37N3. The first-order valence-electron chi connectivity index (χ1n) is 21.1. The summed E-state index contributed by atoms with van der Waals surface area (Å²) in [6.45, 7) is 0. The van der Waals surface area contributed by atoms with Crippen molar-refractivity contribution >= 4 is 53.9 Å². The largest absolute Gasteiger partial charge is 0.208 e. The highest BCUT2D eigenvalue weighted by atomic mass is 15.0. The molecule has 62 heavy (non-hydrogen) atoms. The Kier molecular flexibility index (Phi) is 8.50. The number of rotatable bonds is 6. The molecule has 0 aliphatic carbocycles. The van der Waals surface area contributed by atoms with Gasteiger partial charge in [-0.05, 0) is 118 Å². The molecule has 1 aromatic heterocycles. The van der Waals surface area contributed by atoms with Crippen molar-refractivity contribution in [3.63, 3.8) is 0 Å². The van der Waals surface area contributed by atoms with Crippen molar-refractivity contribution in [2.24, 2.45) is 0 Å². The number of hydrogen-bond acceptors (Lipinski definition) is 3. The Morgan fingerprint density at radius 2 is 0.629 bits per heavy atom. The zero-order valence-electron chi connectivity index (χ0n) is 33.7. The van der Waals surface area contributed by atoms with Crippen LogP contribution in [-0.4, -0.2) is 15.0 Å². The average molecular weight is 788 g/mol. The summed E-state index contributed by atoms with van der Waals surface area (Å²) in [7, 11) is 0. The summed E-state index contributed by atoms with van der Waals surface area (Å²) >= 11 is 0. The Hall–Kier alpha value is -8.27. The summed E-state index contributed by atoms with van der Waals surface area (Å²) in [5, 5.41) is 12.4. The van der Waals surface area contributed by atoms with E-state index >= 15 is 0 Å². The van der Waals surface area contributed by atoms with Crippen molar-refractivity contribution in [1.82, 2.24) is 15.0 Å². The fourth-order valence-electron chi connectivity index (χ4n) is 9.25. The van der Waals surface area contributed by atoms with Gasteiger partial charge in [-0.15, -0.1) is 0 Å². The van der Waals surface area contributed by atoms with Crippen LogP contribution in [0.1, 0.15) is 0 Å². The minimum atomic E-state index is 0.619. The van der Waals surface area contributed by atoms with Gasteiger partial charge in [0.15, 0.2) is 17.5 Å². The van der Waals surface area contributed by atoms with Crippen LogP contribution in [0, 0.1) is 0 Å². The van der Waals surface area contributed by atoms with Gasteiger partial charge < -0.3 is 0 Å². The van der Waals surface area contributed by atoms with Crippen LogP contribution >= 0.6 is 0 Å². The Balaban J connectivity index is 1.07. The molecule has 0 atom stereocenters. The summed E-state index contributed by atoms with van der Waals surface area (Å²) < 4.78 is 0. The van der Waals surface area contributed by atoms with Gasteiger partial charge in [0, 0.05) is 16.7 Å². The lowest BCUT2D eigenvalue weighted by Crippen LogP contribution is -2.00. The quantitative estimate of drug-likeness (QED) is 0.158. The van der Waals surface area contributed by atoms with Gasteiger partial charge in [-0.1, -0.05) is 194 Å². The Labute approximate surface area is 359 Å². The predicted molar refractivity (Wildman–Crippen MR) is 260 cm³/mol. The second-order valence-corrected chi connectivity index (χ2v) is 16.0. The molecule has 12 rings (SSSR count). The predicted octanol–water partition coefficient (Wildman–Crippen LogP) is 15.6. The number of fused-ring (bicyclic) bond motifs is 9. The van der Waals surface area contributed by atoms with Crippen LogP contribution in [0.4, 0.5) is 0 Å². The van der Waals surface area contributed by atoms with Crippen molar-refractivity contribution < 1.29 is 0 Å². The third kappa shape index (κ3) is 6.18. The van der Waals surface area contributed by atoms with E-state index in [2.05, 4.69) is 206 Å². The zero-order valence-corrected chi connectivity index (χ0v) is 33.7. The molecule has 288 valence electrons. The van der Waals surface area contributed by atoms with Crippen molar-refractivity contribution in [1.29, 1.82) is 0 Å². The molecule has 0 bridgehead atoms. The van der Waals surface area contributed by atoms with Crippen LogP contribution in [0.15, 0.2) is 224 Å². The highest BCUT2D eigenvalue weighted by Gasteiger charge is 2.19. The van der Waals surface area contributed by atoms with Crippen LogP contribution in [0.3, 0.4) is 0 Å². The number of nitrogens with zero attached hydrogens (tertiary/aromatic N) is 3. The third-order valence-corrected chi connectivity index (χ3v) is 12.3. The standard InChI is InChI=1S/C59H37N3/c1-3-15-38(16-4-1)45-34-46(54-37-55-50-23-10-9-21-48(50)49-22-11-13-25-52(49)56(55)53-26-14-12-24-51(53)54)36-47(35-45)59-61-57(41-18-5-2-6-19-41)60-58(62-59)42-30-27-40(28-31-42)44-32-29-39-17-7-8-20-43(39)33-44/h1-37H. The topological polar surface area (TPSA) is 38.7 Å². The molecule has 0 aliphatic rings. The lowest BCUT2D eigenvalue weighted by Gasteiger charge is -2.17. The molecule has 0 aliphatic heterocycles. The van der Waals surface area contributed by atoms with E-state index in [9.17, 15) is 0 Å². The van der Waals surface area contributed by atoms with Crippen LogP contribution in [0.5, 0.6) is 0 Å². The first-order valence-corrected chi connectivity index (χ1v) is 21.1. The fraction of sp³-hybridized carbons (Fsp3) is 0. The van der Waals surface area contributed by atoms with E-state index in [-0.39, 0.29) is 0 Å². The monoisotopic (exact) mass is 787 g/mol. The van der Waals surface area contributed by atoms with Gasteiger partial charge in [0.05, 0.1) is 0 Å². The van der Waals surface area contributed by atoms with Crippen molar-refractivity contribution in [3.05, 3.63) is 224 Å². The van der Waals surface area contributed by atoms with Crippen LogP contribution in [0.2, 0.25) is 0 Å². The second-order valence-electron chi connectivity index (χ2n) is 16.0. The maximum atomic E-state index is 5.28. The average Bonchev–Trinajstić information content (AvgIpc) is 3.36. The van der Waals surface area contributed by atoms with E-state index in [1.165, 1.54) is 59.4 Å². The molecule has 11 aromatic carbocycles. The molecule has 0 spiro atoms. The molecule has 0 saturated heterocycles. The molecule has 0 amide bonds. The van der Waals surface area contributed by atoms with Crippen LogP contribution in [-0.2, 0) is 0 Å². The normalized spacial score (nSPS) is 11.5. The first-order chi connectivity index (χ1) is 30.7. The summed E-state index contributed by atoms with van der Waals surface area (Å²) in [4.78, 5) is 15.6. The van der Waals surface area contributed by atoms with E-state index in [1.807, 2.05) is 18.2 Å². The molecule has 0 unspecified atom stereocenters. The molecule has 3 nitrogen and oxygen atoms in total. The van der Waals surface area contributed by atoms with E-state index < -0.39 is 0 Å². The lowest BCUT2D eigenvalue weighted by molar-refractivity contribution is 1.07. The Bertz CT molecular complexity index is 3670. The Morgan fingerprint density at radius 1 is 0.210 bits per heavy atom. The van der Waals surface area contributed by atoms with E-state index in [1.54, 1.807) is 0 Å². The minimum Gasteiger partial charge on any atom is -0.208 e. The second kappa shape index (κ2) is 14.8. The smallest absolute Gasteiger partial charge is 0.164 e. The first kappa shape index (κ1) is 35.7. The maximum absolute atomic E-state index is 5.28. The summed E-state index contributed by atoms with van der Waals surface area (Å²) in [5.74, 6) is 1.87. The number of benzene rings is 11. The minimum absolute atomic E-state index is 0.619. The van der Waals surface area contributed by atoms with E-state index in [0.29, 0.717) is 17.5 Å². The van der Waals surface area contributed by atoms with Gasteiger partial charge in [-0.25, -0.2) is 15.0 Å². The van der Waals surface area contributed by atoms with Gasteiger partial charge in [0.1, 0.15) is 0 Å². The number of aromatic nitrogens is 3.